The molecule has 0 bridgehead atoms. The first-order chi connectivity index (χ1) is 24.6. The lowest BCUT2D eigenvalue weighted by molar-refractivity contribution is -0.141. The Bertz CT molecular complexity index is 2160. The molecule has 2 heterocycles. The van der Waals surface area contributed by atoms with Crippen molar-refractivity contribution in [2.75, 3.05) is 12.0 Å². The number of ether oxygens (including phenoxy) is 1. The minimum absolute atomic E-state index is 0.133. The Labute approximate surface area is 316 Å². The second kappa shape index (κ2) is 12.8. The van der Waals surface area contributed by atoms with Crippen molar-refractivity contribution in [1.29, 1.82) is 0 Å². The van der Waals surface area contributed by atoms with Crippen molar-refractivity contribution in [3.8, 4) is 11.5 Å². The first-order valence-electron chi connectivity index (χ1n) is 16.6. The number of nitrogens with zero attached hydrogens (tertiary/aromatic N) is 2. The highest BCUT2D eigenvalue weighted by Crippen LogP contribution is 2.66. The largest absolute Gasteiger partial charge is 0.503 e. The maximum Gasteiger partial charge on any atom is 0.246 e. The fourth-order valence-corrected chi connectivity index (χ4v) is 10.2. The third-order valence-electron chi connectivity index (χ3n) is 11.1. The minimum atomic E-state index is -1.48. The van der Waals surface area contributed by atoms with Gasteiger partial charge in [0.15, 0.2) is 11.5 Å². The van der Waals surface area contributed by atoms with Crippen molar-refractivity contribution in [3.63, 3.8) is 0 Å². The summed E-state index contributed by atoms with van der Waals surface area (Å²) in [6, 6.07) is 27.0. The molecule has 4 aromatic rings. The Hall–Kier alpha value is -4.25. The fourth-order valence-electron chi connectivity index (χ4n) is 9.05. The predicted octanol–water partition coefficient (Wildman–Crippen LogP) is 7.94. The van der Waals surface area contributed by atoms with Gasteiger partial charge >= 0.3 is 0 Å². The van der Waals surface area contributed by atoms with E-state index in [9.17, 15) is 19.5 Å². The van der Waals surface area contributed by atoms with Crippen LogP contribution in [0.15, 0.2) is 112 Å². The molecule has 4 amide bonds. The van der Waals surface area contributed by atoms with E-state index in [4.69, 9.17) is 16.3 Å². The number of phenolic OH excluding ortho intramolecular Hbond substituents is 1. The van der Waals surface area contributed by atoms with Crippen LogP contribution in [0.4, 0.5) is 5.69 Å². The molecule has 1 N–H and O–H groups in total. The highest BCUT2D eigenvalue weighted by atomic mass is 79.9. The van der Waals surface area contributed by atoms with Crippen molar-refractivity contribution in [2.45, 2.75) is 30.7 Å². The van der Waals surface area contributed by atoms with Gasteiger partial charge in [0.2, 0.25) is 23.6 Å². The summed E-state index contributed by atoms with van der Waals surface area (Å²) < 4.78 is 6.41. The number of carbonyl (C=O) groups excluding carboxylic acids is 4. The van der Waals surface area contributed by atoms with E-state index in [0.717, 1.165) is 11.1 Å². The maximum absolute atomic E-state index is 15.5. The first kappa shape index (κ1) is 33.9. The maximum atomic E-state index is 15.5. The molecule has 1 saturated carbocycles. The van der Waals surface area contributed by atoms with Gasteiger partial charge in [0.25, 0.3) is 0 Å². The van der Waals surface area contributed by atoms with Crippen LogP contribution in [0.1, 0.15) is 35.4 Å². The summed E-state index contributed by atoms with van der Waals surface area (Å²) in [5.74, 6) is -4.88. The first-order valence-corrected chi connectivity index (χ1v) is 18.6. The molecule has 0 spiro atoms. The Kier molecular flexibility index (Phi) is 8.47. The summed E-state index contributed by atoms with van der Waals surface area (Å²) in [4.78, 5) is 61.4. The van der Waals surface area contributed by atoms with Gasteiger partial charge in [0, 0.05) is 15.4 Å². The molecule has 0 unspecified atom stereocenters. The number of hydrogen-bond donors (Lipinski definition) is 1. The molecule has 11 heteroatoms. The van der Waals surface area contributed by atoms with E-state index < -0.39 is 46.8 Å². The standard InChI is InChI=1S/C40H31Br2ClN2O6/c1-51-30-19-28(33(41)34(42)35(30)46)32-25-15-16-26-31(38(49)44(36(26)47)20-21-9-4-2-5-10-21)27(25)18-29-37(48)45(24-14-8-13-23(43)17-24)39(50)40(29,32)22-11-6-3-7-12-22/h2-15,17,19,26-27,29,31-32,46H,16,18,20H2,1H3/t26-,27+,29-,31-,32+,40+/m0/s1. The highest BCUT2D eigenvalue weighted by Gasteiger charge is 2.70. The molecule has 2 aliphatic carbocycles. The average molecular weight is 831 g/mol. The summed E-state index contributed by atoms with van der Waals surface area (Å²) in [6.07, 6.45) is 2.48. The summed E-state index contributed by atoms with van der Waals surface area (Å²) in [6.45, 7) is 0.155. The van der Waals surface area contributed by atoms with Crippen molar-refractivity contribution in [3.05, 3.63) is 133 Å². The third kappa shape index (κ3) is 4.97. The van der Waals surface area contributed by atoms with Gasteiger partial charge in [-0.15, -0.1) is 0 Å². The molecule has 3 fully saturated rings. The number of rotatable bonds is 6. The van der Waals surface area contributed by atoms with Crippen LogP contribution in [0.25, 0.3) is 0 Å². The van der Waals surface area contributed by atoms with Gasteiger partial charge in [-0.25, -0.2) is 4.90 Å². The normalized spacial score (nSPS) is 26.9. The highest BCUT2D eigenvalue weighted by molar-refractivity contribution is 9.13. The van der Waals surface area contributed by atoms with Crippen LogP contribution >= 0.6 is 43.5 Å². The number of benzene rings is 4. The van der Waals surface area contributed by atoms with E-state index in [1.165, 1.54) is 16.9 Å². The molecule has 4 aromatic carbocycles. The molecule has 258 valence electrons. The number of imide groups is 2. The Morgan fingerprint density at radius 2 is 1.57 bits per heavy atom. The second-order valence-corrected chi connectivity index (χ2v) is 15.5. The number of anilines is 1. The zero-order valence-corrected chi connectivity index (χ0v) is 31.2. The monoisotopic (exact) mass is 828 g/mol. The van der Waals surface area contributed by atoms with Gasteiger partial charge in [-0.2, -0.15) is 0 Å². The van der Waals surface area contributed by atoms with E-state index in [1.54, 1.807) is 30.3 Å². The van der Waals surface area contributed by atoms with E-state index in [2.05, 4.69) is 31.9 Å². The van der Waals surface area contributed by atoms with E-state index in [-0.39, 0.29) is 36.3 Å². The number of amides is 4. The molecular formula is C40H31Br2ClN2O6. The third-order valence-corrected chi connectivity index (χ3v) is 13.5. The number of fused-ring (bicyclic) bond motifs is 4. The SMILES string of the molecule is COc1cc([C@H]2C3=CC[C@@H]4C(=O)N(Cc5ccccc5)C(=O)[C@@H]4[C@@H]3C[C@H]3C(=O)N(c4cccc(Cl)c4)C(=O)[C@@]23c2ccccc2)c(Br)c(Br)c1O. The van der Waals surface area contributed by atoms with Gasteiger partial charge in [0.1, 0.15) is 0 Å². The van der Waals surface area contributed by atoms with Crippen molar-refractivity contribution >= 4 is 72.8 Å². The number of methoxy groups -OCH3 is 1. The minimum Gasteiger partial charge on any atom is -0.503 e. The van der Waals surface area contributed by atoms with Crippen molar-refractivity contribution in [1.82, 2.24) is 4.90 Å². The lowest BCUT2D eigenvalue weighted by atomic mass is 9.49. The molecule has 51 heavy (non-hydrogen) atoms. The molecule has 6 atom stereocenters. The lowest BCUT2D eigenvalue weighted by Crippen LogP contribution is -2.53. The van der Waals surface area contributed by atoms with Crippen LogP contribution in [-0.2, 0) is 31.1 Å². The summed E-state index contributed by atoms with van der Waals surface area (Å²) in [5, 5.41) is 11.4. The molecule has 0 radical (unpaired) electrons. The average Bonchev–Trinajstić information content (AvgIpc) is 3.52. The summed E-state index contributed by atoms with van der Waals surface area (Å²) in [7, 11) is 1.44. The fraction of sp³-hybridized carbons (Fsp3) is 0.250. The predicted molar refractivity (Wildman–Crippen MR) is 198 cm³/mol. The van der Waals surface area contributed by atoms with E-state index in [0.29, 0.717) is 37.2 Å². The Morgan fingerprint density at radius 1 is 0.863 bits per heavy atom. The van der Waals surface area contributed by atoms with Gasteiger partial charge in [-0.3, -0.25) is 24.1 Å². The van der Waals surface area contributed by atoms with Crippen molar-refractivity contribution < 1.29 is 29.0 Å². The zero-order chi connectivity index (χ0) is 35.8. The molecular weight excluding hydrogens is 800 g/mol. The molecule has 0 aromatic heterocycles. The number of halogens is 3. The molecule has 2 saturated heterocycles. The van der Waals surface area contributed by atoms with E-state index >= 15 is 4.79 Å². The number of aromatic hydroxyl groups is 1. The van der Waals surface area contributed by atoms with Crippen LogP contribution in [0, 0.1) is 23.7 Å². The van der Waals surface area contributed by atoms with Crippen molar-refractivity contribution in [2.24, 2.45) is 23.7 Å². The number of allylic oxidation sites excluding steroid dienone is 2. The van der Waals surface area contributed by atoms with Gasteiger partial charge in [-0.1, -0.05) is 90.0 Å². The number of likely N-dealkylation sites (tertiary alicyclic amines) is 1. The summed E-state index contributed by atoms with van der Waals surface area (Å²) >= 11 is 13.7. The van der Waals surface area contributed by atoms with Crippen LogP contribution in [0.3, 0.4) is 0 Å². The molecule has 8 rings (SSSR count). The summed E-state index contributed by atoms with van der Waals surface area (Å²) in [5.41, 5.74) is 1.74. The second-order valence-electron chi connectivity index (χ2n) is 13.5. The molecule has 4 aliphatic rings. The number of carbonyl (C=O) groups is 4. The van der Waals surface area contributed by atoms with Gasteiger partial charge in [-0.05, 0) is 91.6 Å². The number of phenols is 1. The Balaban J connectivity index is 1.37. The quantitative estimate of drug-likeness (QED) is 0.156. The van der Waals surface area contributed by atoms with E-state index in [1.807, 2.05) is 66.7 Å². The molecule has 2 aliphatic heterocycles. The van der Waals surface area contributed by atoms with Gasteiger partial charge in [0.05, 0.1) is 47.0 Å². The lowest BCUT2D eigenvalue weighted by Gasteiger charge is -2.51. The Morgan fingerprint density at radius 3 is 2.25 bits per heavy atom. The van der Waals surface area contributed by atoms with Crippen LogP contribution in [0.5, 0.6) is 11.5 Å². The molecule has 8 nitrogen and oxygen atoms in total. The zero-order valence-electron chi connectivity index (χ0n) is 27.3. The van der Waals surface area contributed by atoms with Gasteiger partial charge < -0.3 is 9.84 Å². The number of hydrogen-bond acceptors (Lipinski definition) is 6. The topological polar surface area (TPSA) is 104 Å². The smallest absolute Gasteiger partial charge is 0.246 e. The van der Waals surface area contributed by atoms with Crippen LogP contribution < -0.4 is 9.64 Å². The van der Waals surface area contributed by atoms with Crippen LogP contribution in [0.2, 0.25) is 5.02 Å². The van der Waals surface area contributed by atoms with Crippen LogP contribution in [-0.4, -0.2) is 40.7 Å².